The minimum Gasteiger partial charge on any atom is -0.289 e. The van der Waals surface area contributed by atoms with Crippen molar-refractivity contribution in [2.75, 3.05) is 0 Å². The summed E-state index contributed by atoms with van der Waals surface area (Å²) < 4.78 is 4.50. The molecule has 0 heterocycles. The summed E-state index contributed by atoms with van der Waals surface area (Å²) in [6, 6.07) is 1.93. The fraction of sp³-hybridized carbons (Fsp3) is 0.750. The molecule has 2 nitrogen and oxygen atoms in total. The number of rotatable bonds is 2. The Labute approximate surface area is 51.5 Å². The lowest BCUT2D eigenvalue weighted by atomic mass is 10.3. The van der Waals surface area contributed by atoms with Gasteiger partial charge in [-0.1, -0.05) is 6.92 Å². The van der Waals surface area contributed by atoms with Gasteiger partial charge in [-0.15, -0.1) is 0 Å². The molecule has 0 aliphatic rings. The van der Waals surface area contributed by atoms with Crippen molar-refractivity contribution < 1.29 is 3.83 Å². The standard InChI is InChI=1S/C4H6BrNO/c1-2-4(3-6)7-5/h4H,2H2,1H3. The molecule has 0 radical (unpaired) electrons. The van der Waals surface area contributed by atoms with Crippen LogP contribution in [0.1, 0.15) is 13.3 Å². The van der Waals surface area contributed by atoms with Gasteiger partial charge in [0.1, 0.15) is 16.3 Å². The quantitative estimate of drug-likeness (QED) is 0.621. The summed E-state index contributed by atoms with van der Waals surface area (Å²) in [5.74, 6) is 0. The first-order valence-electron chi connectivity index (χ1n) is 2.02. The zero-order chi connectivity index (χ0) is 5.70. The van der Waals surface area contributed by atoms with E-state index < -0.39 is 0 Å². The van der Waals surface area contributed by atoms with E-state index in [1.54, 1.807) is 0 Å². The second-order valence-electron chi connectivity index (χ2n) is 1.12. The van der Waals surface area contributed by atoms with Crippen LogP contribution in [-0.2, 0) is 3.83 Å². The Morgan fingerprint density at radius 1 is 2.00 bits per heavy atom. The van der Waals surface area contributed by atoms with Crippen LogP contribution in [-0.4, -0.2) is 6.10 Å². The third-order valence-corrected chi connectivity index (χ3v) is 1.07. The van der Waals surface area contributed by atoms with Crippen LogP contribution in [0.3, 0.4) is 0 Å². The number of nitrogens with zero attached hydrogens (tertiary/aromatic N) is 1. The molecule has 0 bridgehead atoms. The van der Waals surface area contributed by atoms with Gasteiger partial charge in [-0.2, -0.15) is 5.26 Å². The largest absolute Gasteiger partial charge is 0.289 e. The van der Waals surface area contributed by atoms with E-state index in [2.05, 4.69) is 20.1 Å². The summed E-state index contributed by atoms with van der Waals surface area (Å²) >= 11 is 2.71. The summed E-state index contributed by atoms with van der Waals surface area (Å²) in [5, 5.41) is 8.12. The van der Waals surface area contributed by atoms with E-state index in [-0.39, 0.29) is 6.10 Å². The van der Waals surface area contributed by atoms with Crippen LogP contribution in [0, 0.1) is 11.3 Å². The third-order valence-electron chi connectivity index (χ3n) is 0.622. The molecule has 0 aliphatic carbocycles. The van der Waals surface area contributed by atoms with Crippen molar-refractivity contribution in [3.05, 3.63) is 0 Å². The molecule has 0 aromatic rings. The van der Waals surface area contributed by atoms with Gasteiger partial charge in [-0.05, 0) is 6.42 Å². The van der Waals surface area contributed by atoms with Gasteiger partial charge in [0, 0.05) is 0 Å². The molecule has 0 saturated heterocycles. The molecule has 7 heavy (non-hydrogen) atoms. The average Bonchev–Trinajstić information content (AvgIpc) is 1.72. The zero-order valence-electron chi connectivity index (χ0n) is 4.02. The fourth-order valence-corrected chi connectivity index (χ4v) is 0.522. The number of nitriles is 1. The van der Waals surface area contributed by atoms with Crippen molar-refractivity contribution in [3.63, 3.8) is 0 Å². The molecule has 0 aromatic carbocycles. The maximum atomic E-state index is 8.12. The van der Waals surface area contributed by atoms with Crippen LogP contribution in [0.5, 0.6) is 0 Å². The van der Waals surface area contributed by atoms with Crippen LogP contribution in [0.2, 0.25) is 0 Å². The van der Waals surface area contributed by atoms with Crippen molar-refractivity contribution in [2.45, 2.75) is 19.4 Å². The van der Waals surface area contributed by atoms with E-state index in [1.165, 1.54) is 0 Å². The first-order chi connectivity index (χ1) is 3.35. The number of halogens is 1. The summed E-state index contributed by atoms with van der Waals surface area (Å²) in [5.41, 5.74) is 0. The van der Waals surface area contributed by atoms with Crippen molar-refractivity contribution >= 4 is 16.3 Å². The summed E-state index contributed by atoms with van der Waals surface area (Å²) in [6.07, 6.45) is 0.432. The highest BCUT2D eigenvalue weighted by Crippen LogP contribution is 1.98. The Kier molecular flexibility index (Phi) is 4.06. The molecule has 0 amide bonds. The highest BCUT2D eigenvalue weighted by Gasteiger charge is 1.98. The zero-order valence-corrected chi connectivity index (χ0v) is 5.60. The van der Waals surface area contributed by atoms with E-state index in [9.17, 15) is 0 Å². The van der Waals surface area contributed by atoms with E-state index in [0.717, 1.165) is 6.42 Å². The lowest BCUT2D eigenvalue weighted by molar-refractivity contribution is 0.318. The van der Waals surface area contributed by atoms with Gasteiger partial charge >= 0.3 is 0 Å². The Morgan fingerprint density at radius 2 is 2.57 bits per heavy atom. The third kappa shape index (κ3) is 2.60. The Bertz CT molecular complexity index is 74.2. The predicted molar refractivity (Wildman–Crippen MR) is 29.7 cm³/mol. The van der Waals surface area contributed by atoms with Crippen molar-refractivity contribution in [3.8, 4) is 6.07 Å². The van der Waals surface area contributed by atoms with Gasteiger partial charge in [0.25, 0.3) is 0 Å². The van der Waals surface area contributed by atoms with Crippen molar-refractivity contribution in [1.82, 2.24) is 0 Å². The minimum absolute atomic E-state index is 0.292. The van der Waals surface area contributed by atoms with Crippen LogP contribution in [0.15, 0.2) is 0 Å². The molecule has 0 aromatic heterocycles. The highest BCUT2D eigenvalue weighted by molar-refractivity contribution is 9.06. The topological polar surface area (TPSA) is 33.0 Å². The van der Waals surface area contributed by atoms with E-state index in [0.29, 0.717) is 0 Å². The van der Waals surface area contributed by atoms with Crippen LogP contribution < -0.4 is 0 Å². The molecule has 0 rings (SSSR count). The van der Waals surface area contributed by atoms with Gasteiger partial charge in [-0.25, -0.2) is 0 Å². The lowest BCUT2D eigenvalue weighted by Gasteiger charge is -1.95. The van der Waals surface area contributed by atoms with Gasteiger partial charge in [0.05, 0.1) is 6.07 Å². The van der Waals surface area contributed by atoms with Crippen molar-refractivity contribution in [1.29, 1.82) is 5.26 Å². The Hall–Kier alpha value is -0.0700. The van der Waals surface area contributed by atoms with Crippen molar-refractivity contribution in [2.24, 2.45) is 0 Å². The van der Waals surface area contributed by atoms with Gasteiger partial charge in [-0.3, -0.25) is 3.83 Å². The SMILES string of the molecule is CCC(C#N)OBr. The molecule has 0 fully saturated rings. The van der Waals surface area contributed by atoms with E-state index in [4.69, 9.17) is 5.26 Å². The highest BCUT2D eigenvalue weighted by atomic mass is 79.9. The van der Waals surface area contributed by atoms with Crippen LogP contribution >= 0.6 is 16.3 Å². The predicted octanol–water partition coefficient (Wildman–Crippen LogP) is 1.62. The second-order valence-corrected chi connectivity index (χ2v) is 1.49. The van der Waals surface area contributed by atoms with Crippen LogP contribution in [0.4, 0.5) is 0 Å². The molecular weight excluding hydrogens is 158 g/mol. The maximum absolute atomic E-state index is 8.12. The van der Waals surface area contributed by atoms with Crippen LogP contribution in [0.25, 0.3) is 0 Å². The first kappa shape index (κ1) is 6.93. The monoisotopic (exact) mass is 163 g/mol. The first-order valence-corrected chi connectivity index (χ1v) is 2.67. The molecule has 1 atom stereocenters. The summed E-state index contributed by atoms with van der Waals surface area (Å²) in [6.45, 7) is 1.88. The fourth-order valence-electron chi connectivity index (χ4n) is 0.174. The molecule has 0 spiro atoms. The molecule has 3 heteroatoms. The Morgan fingerprint density at radius 3 is 2.57 bits per heavy atom. The normalized spacial score (nSPS) is 12.7. The molecule has 0 aliphatic heterocycles. The molecule has 40 valence electrons. The molecule has 1 unspecified atom stereocenters. The lowest BCUT2D eigenvalue weighted by Crippen LogP contribution is -1.99. The summed E-state index contributed by atoms with van der Waals surface area (Å²) in [7, 11) is 0. The number of hydrogen-bond acceptors (Lipinski definition) is 2. The van der Waals surface area contributed by atoms with Gasteiger partial charge < -0.3 is 0 Å². The maximum Gasteiger partial charge on any atom is 0.158 e. The molecular formula is C4H6BrNO. The second kappa shape index (κ2) is 4.10. The Balaban J connectivity index is 3.23. The minimum atomic E-state index is -0.292. The molecule has 0 N–H and O–H groups in total. The molecule has 0 saturated carbocycles. The summed E-state index contributed by atoms with van der Waals surface area (Å²) in [4.78, 5) is 0. The average molecular weight is 164 g/mol. The van der Waals surface area contributed by atoms with Gasteiger partial charge in [0.2, 0.25) is 0 Å². The number of hydrogen-bond donors (Lipinski definition) is 0. The van der Waals surface area contributed by atoms with Gasteiger partial charge in [0.15, 0.2) is 6.10 Å². The van der Waals surface area contributed by atoms with E-state index in [1.807, 2.05) is 13.0 Å². The van der Waals surface area contributed by atoms with E-state index >= 15 is 0 Å². The smallest absolute Gasteiger partial charge is 0.158 e.